The molecule has 0 aromatic carbocycles. The van der Waals surface area contributed by atoms with Crippen LogP contribution in [0, 0.1) is 56.2 Å². The van der Waals surface area contributed by atoms with Crippen molar-refractivity contribution in [2.24, 2.45) is 16.7 Å². The van der Waals surface area contributed by atoms with Crippen molar-refractivity contribution in [1.29, 1.82) is 21.2 Å². The van der Waals surface area contributed by atoms with Gasteiger partial charge < -0.3 is 9.47 Å². The van der Waals surface area contributed by atoms with Gasteiger partial charge >= 0.3 is 0 Å². The maximum Gasteiger partial charge on any atom is 0.214 e. The predicted octanol–water partition coefficient (Wildman–Crippen LogP) is 2.06. The molecule has 7 heteroatoms. The Balaban J connectivity index is 2.34. The summed E-state index contributed by atoms with van der Waals surface area (Å²) in [5, 5.41) is 37.7. The first-order valence-electron chi connectivity index (χ1n) is 7.01. The highest BCUT2D eigenvalue weighted by Gasteiger charge is 2.78. The molecule has 2 aliphatic heterocycles. The Labute approximate surface area is 133 Å². The highest BCUT2D eigenvalue weighted by atomic mass is 16.7. The van der Waals surface area contributed by atoms with Crippen LogP contribution in [0.1, 0.15) is 25.5 Å². The van der Waals surface area contributed by atoms with Crippen LogP contribution >= 0.6 is 0 Å². The Bertz CT molecular complexity index is 788. The van der Waals surface area contributed by atoms with Crippen LogP contribution in [0.2, 0.25) is 0 Å². The molecule has 1 aromatic heterocycles. The van der Waals surface area contributed by atoms with E-state index in [0.717, 1.165) is 0 Å². The molecule has 2 bridgehead atoms. The molecule has 4 atom stereocenters. The van der Waals surface area contributed by atoms with Crippen LogP contribution in [0.4, 0.5) is 0 Å². The van der Waals surface area contributed by atoms with E-state index in [1.165, 1.54) is 6.20 Å². The van der Waals surface area contributed by atoms with Crippen molar-refractivity contribution < 1.29 is 9.47 Å². The molecule has 0 amide bonds. The van der Waals surface area contributed by atoms with Gasteiger partial charge in [-0.3, -0.25) is 10.4 Å². The van der Waals surface area contributed by atoms with Gasteiger partial charge in [-0.1, -0.05) is 13.0 Å². The average Bonchev–Trinajstić information content (AvgIpc) is 2.71. The Morgan fingerprint density at radius 2 is 1.96 bits per heavy atom. The number of fused-ring (bicyclic) bond motifs is 2. The fourth-order valence-electron chi connectivity index (χ4n) is 3.54. The van der Waals surface area contributed by atoms with Crippen molar-refractivity contribution in [3.05, 3.63) is 30.1 Å². The minimum atomic E-state index is -1.91. The fraction of sp³-hybridized carbons (Fsp3) is 0.438. The van der Waals surface area contributed by atoms with Gasteiger partial charge in [-0.2, -0.15) is 15.8 Å². The van der Waals surface area contributed by atoms with E-state index >= 15 is 0 Å². The molecule has 7 nitrogen and oxygen atoms in total. The summed E-state index contributed by atoms with van der Waals surface area (Å²) in [5.74, 6) is -2.31. The summed E-state index contributed by atoms with van der Waals surface area (Å²) in [6, 6.07) is 9.28. The molecule has 0 aliphatic carbocycles. The van der Waals surface area contributed by atoms with Crippen molar-refractivity contribution in [3.63, 3.8) is 0 Å². The first-order valence-corrected chi connectivity index (χ1v) is 7.01. The van der Waals surface area contributed by atoms with Crippen LogP contribution in [0.25, 0.3) is 0 Å². The Hall–Kier alpha value is -2.95. The number of rotatable bonds is 1. The lowest BCUT2D eigenvalue weighted by Crippen LogP contribution is -2.57. The second-order valence-electron chi connectivity index (χ2n) is 5.90. The standard InChI is InChI=1S/C16H13N5O2/c1-10-14(2)22-12(11-4-3-5-21-6-11)15(7-17,8-18)16(10,9-19)13(20)23-14/h3-6,10,12,20H,1-2H3. The third-order valence-electron chi connectivity index (χ3n) is 4.98. The molecule has 0 spiro atoms. The Morgan fingerprint density at radius 1 is 1.26 bits per heavy atom. The third-order valence-corrected chi connectivity index (χ3v) is 4.98. The number of aromatic nitrogens is 1. The lowest BCUT2D eigenvalue weighted by molar-refractivity contribution is -0.268. The van der Waals surface area contributed by atoms with E-state index in [2.05, 4.69) is 4.98 Å². The fourth-order valence-corrected chi connectivity index (χ4v) is 3.54. The van der Waals surface area contributed by atoms with E-state index in [1.54, 1.807) is 32.2 Å². The molecular weight excluding hydrogens is 294 g/mol. The number of pyridine rings is 1. The zero-order valence-corrected chi connectivity index (χ0v) is 12.6. The molecule has 2 aliphatic rings. The van der Waals surface area contributed by atoms with Crippen molar-refractivity contribution in [2.45, 2.75) is 25.7 Å². The van der Waals surface area contributed by atoms with Crippen molar-refractivity contribution in [1.82, 2.24) is 4.98 Å². The van der Waals surface area contributed by atoms with Gasteiger partial charge in [0.15, 0.2) is 5.41 Å². The summed E-state index contributed by atoms with van der Waals surface area (Å²) >= 11 is 0. The van der Waals surface area contributed by atoms with E-state index < -0.39 is 34.5 Å². The summed E-state index contributed by atoms with van der Waals surface area (Å²) in [6.07, 6.45) is 2.00. The van der Waals surface area contributed by atoms with Crippen LogP contribution in [-0.2, 0) is 9.47 Å². The second-order valence-corrected chi connectivity index (χ2v) is 5.90. The summed E-state index contributed by atoms with van der Waals surface area (Å²) in [4.78, 5) is 4.00. The van der Waals surface area contributed by atoms with Gasteiger partial charge in [0.2, 0.25) is 17.1 Å². The molecule has 3 heterocycles. The van der Waals surface area contributed by atoms with Crippen molar-refractivity contribution in [3.8, 4) is 18.2 Å². The lowest BCUT2D eigenvalue weighted by atomic mass is 9.54. The van der Waals surface area contributed by atoms with Gasteiger partial charge in [-0.05, 0) is 6.07 Å². The monoisotopic (exact) mass is 307 g/mol. The minimum absolute atomic E-state index is 0.399. The molecule has 1 aromatic rings. The highest BCUT2D eigenvalue weighted by Crippen LogP contribution is 2.66. The number of nitriles is 3. The number of nitrogens with one attached hydrogen (secondary N) is 1. The molecule has 23 heavy (non-hydrogen) atoms. The lowest BCUT2D eigenvalue weighted by Gasteiger charge is -2.47. The largest absolute Gasteiger partial charge is 0.448 e. The van der Waals surface area contributed by atoms with E-state index in [1.807, 2.05) is 18.2 Å². The molecule has 0 radical (unpaired) electrons. The Morgan fingerprint density at radius 3 is 2.48 bits per heavy atom. The molecule has 1 N–H and O–H groups in total. The van der Waals surface area contributed by atoms with Crippen LogP contribution in [-0.4, -0.2) is 16.7 Å². The summed E-state index contributed by atoms with van der Waals surface area (Å²) < 4.78 is 11.5. The number of hydrogen-bond acceptors (Lipinski definition) is 7. The Kier molecular flexibility index (Phi) is 2.94. The highest BCUT2D eigenvalue weighted by molar-refractivity contribution is 5.89. The van der Waals surface area contributed by atoms with E-state index in [4.69, 9.17) is 14.9 Å². The number of nitrogens with zero attached hydrogens (tertiary/aromatic N) is 4. The van der Waals surface area contributed by atoms with Crippen molar-refractivity contribution >= 4 is 5.90 Å². The third kappa shape index (κ3) is 1.49. The number of ether oxygens (including phenoxy) is 2. The zero-order chi connectivity index (χ0) is 16.9. The zero-order valence-electron chi connectivity index (χ0n) is 12.6. The molecule has 2 fully saturated rings. The normalized spacial score (nSPS) is 37.1. The first kappa shape index (κ1) is 15.0. The van der Waals surface area contributed by atoms with Crippen molar-refractivity contribution in [2.75, 3.05) is 0 Å². The van der Waals surface area contributed by atoms with E-state index in [9.17, 15) is 15.8 Å². The van der Waals surface area contributed by atoms with Crippen LogP contribution in [0.5, 0.6) is 0 Å². The minimum Gasteiger partial charge on any atom is -0.448 e. The molecule has 114 valence electrons. The molecule has 4 unspecified atom stereocenters. The van der Waals surface area contributed by atoms with Gasteiger partial charge in [0, 0.05) is 24.9 Å². The van der Waals surface area contributed by atoms with Gasteiger partial charge in [0.05, 0.1) is 24.1 Å². The van der Waals surface area contributed by atoms with Gasteiger partial charge in [-0.25, -0.2) is 0 Å². The molecule has 3 rings (SSSR count). The van der Waals surface area contributed by atoms with E-state index in [-0.39, 0.29) is 0 Å². The topological polar surface area (TPSA) is 127 Å². The van der Waals surface area contributed by atoms with Gasteiger partial charge in [0.1, 0.15) is 6.10 Å². The van der Waals surface area contributed by atoms with Gasteiger partial charge in [0.25, 0.3) is 0 Å². The maximum atomic E-state index is 9.84. The summed E-state index contributed by atoms with van der Waals surface area (Å²) in [6.45, 7) is 3.28. The van der Waals surface area contributed by atoms with Gasteiger partial charge in [-0.15, -0.1) is 0 Å². The van der Waals surface area contributed by atoms with Crippen LogP contribution in [0.3, 0.4) is 0 Å². The van der Waals surface area contributed by atoms with Crippen LogP contribution < -0.4 is 0 Å². The average molecular weight is 307 g/mol. The van der Waals surface area contributed by atoms with Crippen LogP contribution in [0.15, 0.2) is 24.5 Å². The molecule has 0 saturated carbocycles. The summed E-state index contributed by atoms with van der Waals surface area (Å²) in [7, 11) is 0. The maximum absolute atomic E-state index is 9.84. The molecule has 2 saturated heterocycles. The quantitative estimate of drug-likeness (QED) is 0.846. The first-order chi connectivity index (χ1) is 10.9. The van der Waals surface area contributed by atoms with E-state index in [0.29, 0.717) is 5.56 Å². The second kappa shape index (κ2) is 4.52. The predicted molar refractivity (Wildman–Crippen MR) is 76.1 cm³/mol. The molecular formula is C16H13N5O2. The number of hydrogen-bond donors (Lipinski definition) is 1. The smallest absolute Gasteiger partial charge is 0.214 e. The SMILES string of the molecule is CC1C2(C)OC(=N)C1(C#N)C(C#N)(C#N)C(c1cccnc1)O2. The summed E-state index contributed by atoms with van der Waals surface area (Å²) in [5.41, 5.74) is -3.12.